The molecule has 3 nitrogen and oxygen atoms in total. The minimum absolute atomic E-state index is 0.0752. The summed E-state index contributed by atoms with van der Waals surface area (Å²) in [6.07, 6.45) is 1.29. The highest BCUT2D eigenvalue weighted by Gasteiger charge is 2.30. The van der Waals surface area contributed by atoms with E-state index < -0.39 is 15.5 Å². The lowest BCUT2D eigenvalue weighted by molar-refractivity contribution is 0.0659. The molecule has 0 aromatic heterocycles. The second-order valence-corrected chi connectivity index (χ2v) is 4.83. The van der Waals surface area contributed by atoms with Gasteiger partial charge in [0.25, 0.3) is 0 Å². The highest BCUT2D eigenvalue weighted by atomic mass is 32.3. The van der Waals surface area contributed by atoms with Gasteiger partial charge in [-0.2, -0.15) is 8.42 Å². The van der Waals surface area contributed by atoms with Gasteiger partial charge in [0.2, 0.25) is 0 Å². The third-order valence-electron chi connectivity index (χ3n) is 2.37. The van der Waals surface area contributed by atoms with Gasteiger partial charge in [0, 0.05) is 13.2 Å². The van der Waals surface area contributed by atoms with Crippen LogP contribution in [0.4, 0.5) is 3.89 Å². The van der Waals surface area contributed by atoms with Gasteiger partial charge in [-0.25, -0.2) is 0 Å². The quantitative estimate of drug-likeness (QED) is 0.621. The maximum atomic E-state index is 12.5. The molecule has 72 valence electrons. The maximum absolute atomic E-state index is 12.5. The minimum Gasteiger partial charge on any atom is -0.381 e. The molecule has 1 rings (SSSR count). The Morgan fingerprint density at radius 1 is 1.42 bits per heavy atom. The van der Waals surface area contributed by atoms with Crippen LogP contribution in [0.3, 0.4) is 0 Å². The average Bonchev–Trinajstić information content (AvgIpc) is 2.03. The number of halogens is 1. The smallest absolute Gasteiger partial charge is 0.305 e. The van der Waals surface area contributed by atoms with Crippen LogP contribution in [0.25, 0.3) is 0 Å². The fourth-order valence-corrected chi connectivity index (χ4v) is 2.15. The number of hydrogen-bond donors (Lipinski definition) is 0. The van der Waals surface area contributed by atoms with Gasteiger partial charge < -0.3 is 4.74 Å². The number of hydrogen-bond acceptors (Lipinski definition) is 3. The molecule has 1 fully saturated rings. The molecule has 1 saturated heterocycles. The van der Waals surface area contributed by atoms with Gasteiger partial charge in [0.15, 0.2) is 0 Å². The van der Waals surface area contributed by atoms with Crippen LogP contribution in [0, 0.1) is 5.92 Å². The van der Waals surface area contributed by atoms with Crippen LogP contribution in [-0.4, -0.2) is 26.9 Å². The van der Waals surface area contributed by atoms with Gasteiger partial charge >= 0.3 is 10.2 Å². The molecule has 1 aliphatic rings. The predicted molar refractivity (Wildman–Crippen MR) is 43.0 cm³/mol. The molecule has 0 bridgehead atoms. The Morgan fingerprint density at radius 2 is 1.92 bits per heavy atom. The Morgan fingerprint density at radius 3 is 2.33 bits per heavy atom. The minimum atomic E-state index is -4.36. The Bertz CT molecular complexity index is 231. The molecule has 1 atom stereocenters. The molecule has 1 aliphatic heterocycles. The summed E-state index contributed by atoms with van der Waals surface area (Å²) in [6.45, 7) is 2.51. The van der Waals surface area contributed by atoms with Gasteiger partial charge in [-0.1, -0.05) is 0 Å². The maximum Gasteiger partial charge on any atom is 0.305 e. The van der Waals surface area contributed by atoms with Gasteiger partial charge in [-0.3, -0.25) is 0 Å². The van der Waals surface area contributed by atoms with E-state index >= 15 is 0 Å². The van der Waals surface area contributed by atoms with Crippen molar-refractivity contribution in [3.8, 4) is 0 Å². The van der Waals surface area contributed by atoms with Gasteiger partial charge in [0.1, 0.15) is 0 Å². The molecule has 0 radical (unpaired) electrons. The zero-order chi connectivity index (χ0) is 9.19. The third-order valence-corrected chi connectivity index (χ3v) is 3.65. The fraction of sp³-hybridized carbons (Fsp3) is 1.00. The van der Waals surface area contributed by atoms with Crippen molar-refractivity contribution >= 4 is 10.2 Å². The van der Waals surface area contributed by atoms with Gasteiger partial charge in [0.05, 0.1) is 5.25 Å². The fourth-order valence-electron chi connectivity index (χ4n) is 1.42. The summed E-state index contributed by atoms with van der Waals surface area (Å²) in [4.78, 5) is 0. The van der Waals surface area contributed by atoms with E-state index in [4.69, 9.17) is 4.74 Å². The van der Waals surface area contributed by atoms with Crippen LogP contribution in [0.1, 0.15) is 19.8 Å². The first kappa shape index (κ1) is 9.92. The summed E-state index contributed by atoms with van der Waals surface area (Å²) in [5.74, 6) is -0.0752. The van der Waals surface area contributed by atoms with Crippen molar-refractivity contribution < 1.29 is 17.0 Å². The highest BCUT2D eigenvalue weighted by Crippen LogP contribution is 2.24. The van der Waals surface area contributed by atoms with Crippen LogP contribution in [0.15, 0.2) is 0 Å². The van der Waals surface area contributed by atoms with Crippen LogP contribution < -0.4 is 0 Å². The van der Waals surface area contributed by atoms with E-state index in [9.17, 15) is 12.3 Å². The van der Waals surface area contributed by atoms with E-state index in [1.807, 2.05) is 0 Å². The molecule has 5 heteroatoms. The molecule has 1 unspecified atom stereocenters. The largest absolute Gasteiger partial charge is 0.381 e. The Hall–Kier alpha value is -0.160. The summed E-state index contributed by atoms with van der Waals surface area (Å²) in [6, 6.07) is 0. The number of rotatable bonds is 2. The molecule has 12 heavy (non-hydrogen) atoms. The lowest BCUT2D eigenvalue weighted by Crippen LogP contribution is -2.29. The topological polar surface area (TPSA) is 43.4 Å². The average molecular weight is 196 g/mol. The Kier molecular flexibility index (Phi) is 3.06. The molecule has 0 N–H and O–H groups in total. The highest BCUT2D eigenvalue weighted by molar-refractivity contribution is 7.87. The van der Waals surface area contributed by atoms with Crippen LogP contribution in [0.5, 0.6) is 0 Å². The molecule has 0 aromatic rings. The summed E-state index contributed by atoms with van der Waals surface area (Å²) < 4.78 is 38.6. The first-order valence-corrected chi connectivity index (χ1v) is 5.47. The standard InChI is InChI=1S/C7H13FO3S/c1-6(12(8,9)10)7-2-4-11-5-3-7/h6-7H,2-5H2,1H3. The summed E-state index contributed by atoms with van der Waals surface area (Å²) >= 11 is 0. The van der Waals surface area contributed by atoms with Gasteiger partial charge in [-0.05, 0) is 25.7 Å². The van der Waals surface area contributed by atoms with Crippen molar-refractivity contribution in [3.63, 3.8) is 0 Å². The Balaban J connectivity index is 2.57. The van der Waals surface area contributed by atoms with Crippen LogP contribution in [0.2, 0.25) is 0 Å². The second-order valence-electron chi connectivity index (χ2n) is 3.13. The summed E-state index contributed by atoms with van der Waals surface area (Å²) in [5.41, 5.74) is 0. The zero-order valence-electron chi connectivity index (χ0n) is 6.99. The predicted octanol–water partition coefficient (Wildman–Crippen LogP) is 1.10. The zero-order valence-corrected chi connectivity index (χ0v) is 7.81. The van der Waals surface area contributed by atoms with Gasteiger partial charge in [-0.15, -0.1) is 3.89 Å². The van der Waals surface area contributed by atoms with E-state index in [1.54, 1.807) is 0 Å². The van der Waals surface area contributed by atoms with E-state index in [2.05, 4.69) is 0 Å². The van der Waals surface area contributed by atoms with Crippen molar-refractivity contribution in [3.05, 3.63) is 0 Å². The lowest BCUT2D eigenvalue weighted by atomic mass is 9.97. The molecule has 1 heterocycles. The summed E-state index contributed by atoms with van der Waals surface area (Å²) in [5, 5.41) is -0.874. The van der Waals surface area contributed by atoms with Crippen molar-refractivity contribution in [2.24, 2.45) is 5.92 Å². The SMILES string of the molecule is CC(C1CCOCC1)S(=O)(=O)F. The van der Waals surface area contributed by atoms with Crippen molar-refractivity contribution in [2.45, 2.75) is 25.0 Å². The number of ether oxygens (including phenoxy) is 1. The molecule has 0 spiro atoms. The molecular weight excluding hydrogens is 183 g/mol. The van der Waals surface area contributed by atoms with Crippen molar-refractivity contribution in [2.75, 3.05) is 13.2 Å². The molecular formula is C7H13FO3S. The van der Waals surface area contributed by atoms with Crippen molar-refractivity contribution in [1.82, 2.24) is 0 Å². The second kappa shape index (κ2) is 3.70. The van der Waals surface area contributed by atoms with E-state index in [0.29, 0.717) is 26.1 Å². The Labute approximate surface area is 72.1 Å². The van der Waals surface area contributed by atoms with Crippen molar-refractivity contribution in [1.29, 1.82) is 0 Å². The molecule has 0 aliphatic carbocycles. The monoisotopic (exact) mass is 196 g/mol. The van der Waals surface area contributed by atoms with E-state index in [-0.39, 0.29) is 5.92 Å². The molecule has 0 saturated carbocycles. The summed E-state index contributed by atoms with van der Waals surface area (Å²) in [7, 11) is -4.36. The lowest BCUT2D eigenvalue weighted by Gasteiger charge is -2.24. The third kappa shape index (κ3) is 2.42. The molecule has 0 aromatic carbocycles. The van der Waals surface area contributed by atoms with Crippen LogP contribution in [-0.2, 0) is 15.0 Å². The van der Waals surface area contributed by atoms with E-state index in [1.165, 1.54) is 6.92 Å². The first-order chi connectivity index (χ1) is 5.52. The molecule has 0 amide bonds. The van der Waals surface area contributed by atoms with E-state index in [0.717, 1.165) is 0 Å². The normalized spacial score (nSPS) is 23.8. The van der Waals surface area contributed by atoms with Crippen LogP contribution >= 0.6 is 0 Å². The first-order valence-electron chi connectivity index (χ1n) is 4.03.